The minimum Gasteiger partial charge on any atom is -0.462 e. The van der Waals surface area contributed by atoms with Gasteiger partial charge in [0.2, 0.25) is 0 Å². The van der Waals surface area contributed by atoms with Crippen LogP contribution in [-0.4, -0.2) is 37.2 Å². The van der Waals surface area contributed by atoms with Crippen LogP contribution in [0.2, 0.25) is 0 Å². The Morgan fingerprint density at radius 3 is 0.903 bits per heavy atom. The molecular formula is C66H112O6. The van der Waals surface area contributed by atoms with Gasteiger partial charge in [0.25, 0.3) is 0 Å². The third kappa shape index (κ3) is 57.2. The van der Waals surface area contributed by atoms with Gasteiger partial charge in [-0.25, -0.2) is 0 Å². The lowest BCUT2D eigenvalue weighted by Gasteiger charge is -2.18. The molecule has 0 saturated carbocycles. The Morgan fingerprint density at radius 1 is 0.292 bits per heavy atom. The van der Waals surface area contributed by atoms with Crippen molar-refractivity contribution in [2.45, 2.75) is 290 Å². The van der Waals surface area contributed by atoms with Gasteiger partial charge in [0.05, 0.1) is 0 Å². The molecule has 0 saturated heterocycles. The second-order valence-electron chi connectivity index (χ2n) is 20.1. The number of carbonyl (C=O) groups excluding carboxylic acids is 3. The minimum atomic E-state index is -0.800. The molecule has 0 heterocycles. The highest BCUT2D eigenvalue weighted by atomic mass is 16.6. The first kappa shape index (κ1) is 68.3. The van der Waals surface area contributed by atoms with Crippen LogP contribution in [0, 0.1) is 0 Å². The number of rotatable bonds is 54. The van der Waals surface area contributed by atoms with Crippen molar-refractivity contribution < 1.29 is 28.6 Å². The first-order valence-electron chi connectivity index (χ1n) is 30.3. The van der Waals surface area contributed by atoms with Crippen LogP contribution in [0.5, 0.6) is 0 Å². The third-order valence-electron chi connectivity index (χ3n) is 13.0. The molecule has 0 rings (SSSR count). The number of hydrogen-bond donors (Lipinski definition) is 0. The van der Waals surface area contributed by atoms with Crippen molar-refractivity contribution in [3.63, 3.8) is 0 Å². The zero-order valence-electron chi connectivity index (χ0n) is 47.2. The van der Waals surface area contributed by atoms with Crippen molar-refractivity contribution in [2.75, 3.05) is 13.2 Å². The van der Waals surface area contributed by atoms with Crippen LogP contribution >= 0.6 is 0 Å². The first-order valence-corrected chi connectivity index (χ1v) is 30.3. The topological polar surface area (TPSA) is 78.9 Å². The van der Waals surface area contributed by atoms with E-state index in [2.05, 4.69) is 51.2 Å². The van der Waals surface area contributed by atoms with Gasteiger partial charge >= 0.3 is 17.9 Å². The van der Waals surface area contributed by atoms with E-state index >= 15 is 0 Å². The van der Waals surface area contributed by atoms with Crippen LogP contribution in [0.3, 0.4) is 0 Å². The van der Waals surface area contributed by atoms with Crippen molar-refractivity contribution in [3.05, 3.63) is 97.2 Å². The molecule has 0 aliphatic carbocycles. The molecule has 1 unspecified atom stereocenters. The maximum Gasteiger partial charge on any atom is 0.306 e. The lowest BCUT2D eigenvalue weighted by atomic mass is 10.0. The predicted molar refractivity (Wildman–Crippen MR) is 311 cm³/mol. The Balaban J connectivity index is 4.47. The number of ether oxygens (including phenoxy) is 3. The van der Waals surface area contributed by atoms with E-state index in [4.69, 9.17) is 14.2 Å². The van der Waals surface area contributed by atoms with Gasteiger partial charge in [-0.2, -0.15) is 0 Å². The largest absolute Gasteiger partial charge is 0.462 e. The molecule has 0 fully saturated rings. The van der Waals surface area contributed by atoms with E-state index in [0.717, 1.165) is 77.0 Å². The first-order chi connectivity index (χ1) is 35.5. The zero-order valence-corrected chi connectivity index (χ0v) is 47.2. The van der Waals surface area contributed by atoms with Gasteiger partial charge in [0, 0.05) is 19.3 Å². The van der Waals surface area contributed by atoms with E-state index in [9.17, 15) is 14.4 Å². The Hall–Kier alpha value is -3.67. The average Bonchev–Trinajstić information content (AvgIpc) is 3.38. The van der Waals surface area contributed by atoms with Gasteiger partial charge in [-0.15, -0.1) is 0 Å². The van der Waals surface area contributed by atoms with Crippen LogP contribution in [0.1, 0.15) is 284 Å². The molecule has 0 spiro atoms. The van der Waals surface area contributed by atoms with Gasteiger partial charge in [-0.3, -0.25) is 14.4 Å². The maximum atomic E-state index is 12.9. The van der Waals surface area contributed by atoms with Crippen molar-refractivity contribution in [2.24, 2.45) is 0 Å². The fourth-order valence-corrected chi connectivity index (χ4v) is 8.48. The molecule has 0 bridgehead atoms. The minimum absolute atomic E-state index is 0.0951. The van der Waals surface area contributed by atoms with Crippen molar-refractivity contribution in [1.82, 2.24) is 0 Å². The molecule has 72 heavy (non-hydrogen) atoms. The summed E-state index contributed by atoms with van der Waals surface area (Å²) in [7, 11) is 0. The van der Waals surface area contributed by atoms with Crippen molar-refractivity contribution in [3.8, 4) is 0 Å². The Morgan fingerprint density at radius 2 is 0.556 bits per heavy atom. The molecular weight excluding hydrogens is 889 g/mol. The van der Waals surface area contributed by atoms with E-state index in [1.54, 1.807) is 0 Å². The van der Waals surface area contributed by atoms with E-state index in [1.807, 2.05) is 66.8 Å². The van der Waals surface area contributed by atoms with E-state index in [-0.39, 0.29) is 31.1 Å². The van der Waals surface area contributed by atoms with Crippen LogP contribution in [0.4, 0.5) is 0 Å². The lowest BCUT2D eigenvalue weighted by Crippen LogP contribution is -2.30. The van der Waals surface area contributed by atoms with Crippen LogP contribution in [-0.2, 0) is 28.6 Å². The third-order valence-corrected chi connectivity index (χ3v) is 13.0. The van der Waals surface area contributed by atoms with Crippen molar-refractivity contribution in [1.29, 1.82) is 0 Å². The maximum absolute atomic E-state index is 12.9. The fourth-order valence-electron chi connectivity index (χ4n) is 8.48. The molecule has 0 aliphatic rings. The second-order valence-corrected chi connectivity index (χ2v) is 20.1. The Bertz CT molecular complexity index is 1430. The Labute approximate surface area is 445 Å². The lowest BCUT2D eigenvalue weighted by molar-refractivity contribution is -0.167. The molecule has 6 heteroatoms. The number of hydrogen-bond acceptors (Lipinski definition) is 6. The van der Waals surface area contributed by atoms with Gasteiger partial charge in [-0.05, 0) is 64.2 Å². The summed E-state index contributed by atoms with van der Waals surface area (Å²) in [6.07, 6.45) is 79.7. The SMILES string of the molecule is CC\C=C/C=C\C=C/C=C\C=C\C=C/C=C\CCCCCC(=O)OCC(COC(=O)CCCCCCC/C=C\CCCCCCCCC)OC(=O)CCCCCCCCCCCCCCCCCCCCC. The summed E-state index contributed by atoms with van der Waals surface area (Å²) in [4.78, 5) is 38.2. The van der Waals surface area contributed by atoms with E-state index in [0.29, 0.717) is 19.3 Å². The molecule has 6 nitrogen and oxygen atoms in total. The zero-order chi connectivity index (χ0) is 52.2. The number of allylic oxidation sites excluding steroid dienone is 16. The number of unbranched alkanes of at least 4 members (excludes halogenated alkanes) is 33. The highest BCUT2D eigenvalue weighted by Gasteiger charge is 2.19. The molecule has 0 N–H and O–H groups in total. The number of esters is 3. The predicted octanol–water partition coefficient (Wildman–Crippen LogP) is 20.5. The highest BCUT2D eigenvalue weighted by Crippen LogP contribution is 2.16. The smallest absolute Gasteiger partial charge is 0.306 e. The normalized spacial score (nSPS) is 12.8. The monoisotopic (exact) mass is 1000 g/mol. The summed E-state index contributed by atoms with van der Waals surface area (Å²) < 4.78 is 16.9. The van der Waals surface area contributed by atoms with Gasteiger partial charge in [-0.1, -0.05) is 298 Å². The van der Waals surface area contributed by atoms with Gasteiger partial charge in [0.1, 0.15) is 13.2 Å². The molecule has 1 atom stereocenters. The quantitative estimate of drug-likeness (QED) is 0.0199. The van der Waals surface area contributed by atoms with Gasteiger partial charge in [0.15, 0.2) is 6.10 Å². The molecule has 0 aromatic carbocycles. The Kier molecular flexibility index (Phi) is 56.8. The average molecular weight is 1000 g/mol. The second kappa shape index (κ2) is 59.9. The highest BCUT2D eigenvalue weighted by molar-refractivity contribution is 5.71. The summed E-state index contributed by atoms with van der Waals surface area (Å²) in [5.74, 6) is -0.939. The fraction of sp³-hybridized carbons (Fsp3) is 0.712. The van der Waals surface area contributed by atoms with Crippen LogP contribution in [0.25, 0.3) is 0 Å². The molecule has 412 valence electrons. The summed E-state index contributed by atoms with van der Waals surface area (Å²) in [5, 5.41) is 0. The summed E-state index contributed by atoms with van der Waals surface area (Å²) in [6.45, 7) is 6.47. The summed E-state index contributed by atoms with van der Waals surface area (Å²) >= 11 is 0. The summed E-state index contributed by atoms with van der Waals surface area (Å²) in [6, 6.07) is 0. The standard InChI is InChI=1S/C66H112O6/c1-4-7-10-13-16-19-22-25-28-31-33-35-38-41-44-47-50-53-56-59-65(68)71-62-63(61-70-64(67)58-55-52-49-46-43-40-37-30-27-24-21-18-15-12-9-6-3)72-66(69)60-57-54-51-48-45-42-39-36-34-32-29-26-23-20-17-14-11-8-5-2/h7,10,13,16,19,22,25,28,30-31,33,35,37-38,41,44,63H,4-6,8-9,11-12,14-15,17-18,20-21,23-24,26-27,29,32,34,36,39-40,42-43,45-62H2,1-3H3/b10-7-,16-13-,22-19-,28-25-,33-31+,37-30-,38-35-,44-41-. The van der Waals surface area contributed by atoms with Crippen LogP contribution < -0.4 is 0 Å². The summed E-state index contributed by atoms with van der Waals surface area (Å²) in [5.41, 5.74) is 0. The molecule has 0 aromatic rings. The van der Waals surface area contributed by atoms with E-state index in [1.165, 1.54) is 167 Å². The molecule has 0 radical (unpaired) electrons. The van der Waals surface area contributed by atoms with E-state index < -0.39 is 6.10 Å². The van der Waals surface area contributed by atoms with Crippen LogP contribution in [0.15, 0.2) is 97.2 Å². The molecule has 0 amide bonds. The molecule has 0 aliphatic heterocycles. The van der Waals surface area contributed by atoms with Crippen molar-refractivity contribution >= 4 is 17.9 Å². The van der Waals surface area contributed by atoms with Gasteiger partial charge < -0.3 is 14.2 Å². The molecule has 0 aromatic heterocycles. The number of carbonyl (C=O) groups is 3.